The molecule has 2 rings (SSSR count). The van der Waals surface area contributed by atoms with Crippen LogP contribution in [0.5, 0.6) is 0 Å². The van der Waals surface area contributed by atoms with E-state index in [1.54, 1.807) is 24.3 Å². The van der Waals surface area contributed by atoms with Crippen molar-refractivity contribution < 1.29 is 18.4 Å². The first-order valence-corrected chi connectivity index (χ1v) is 7.33. The van der Waals surface area contributed by atoms with E-state index in [9.17, 15) is 18.4 Å². The van der Waals surface area contributed by atoms with Gasteiger partial charge in [0, 0.05) is 23.3 Å². The highest BCUT2D eigenvalue weighted by Crippen LogP contribution is 2.14. The van der Waals surface area contributed by atoms with E-state index >= 15 is 0 Å². The van der Waals surface area contributed by atoms with Crippen LogP contribution < -0.4 is 16.0 Å². The molecule has 0 radical (unpaired) electrons. The van der Waals surface area contributed by atoms with Gasteiger partial charge < -0.3 is 16.0 Å². The Morgan fingerprint density at radius 2 is 1.75 bits per heavy atom. The highest BCUT2D eigenvalue weighted by Gasteiger charge is 2.08. The van der Waals surface area contributed by atoms with E-state index in [0.29, 0.717) is 5.02 Å². The van der Waals surface area contributed by atoms with Gasteiger partial charge in [-0.15, -0.1) is 0 Å². The summed E-state index contributed by atoms with van der Waals surface area (Å²) in [5.41, 5.74) is 0.831. The molecule has 3 amide bonds. The second-order valence-corrected chi connectivity index (χ2v) is 5.21. The maximum absolute atomic E-state index is 13.0. The molecule has 0 aliphatic heterocycles. The number of hydrogen-bond acceptors (Lipinski definition) is 2. The van der Waals surface area contributed by atoms with E-state index < -0.39 is 23.6 Å². The van der Waals surface area contributed by atoms with Gasteiger partial charge in [0.25, 0.3) is 0 Å². The first kappa shape index (κ1) is 17.7. The maximum atomic E-state index is 13.0. The zero-order valence-electron chi connectivity index (χ0n) is 12.4. The van der Waals surface area contributed by atoms with Crippen LogP contribution in [0, 0.1) is 11.6 Å². The average molecular weight is 354 g/mol. The van der Waals surface area contributed by atoms with Crippen LogP contribution in [0.1, 0.15) is 5.56 Å². The lowest BCUT2D eigenvalue weighted by molar-refractivity contribution is -0.115. The summed E-state index contributed by atoms with van der Waals surface area (Å²) in [7, 11) is 0. The first-order valence-electron chi connectivity index (χ1n) is 6.95. The predicted molar refractivity (Wildman–Crippen MR) is 86.7 cm³/mol. The van der Waals surface area contributed by atoms with Crippen LogP contribution in [0.15, 0.2) is 42.5 Å². The van der Waals surface area contributed by atoms with Crippen LogP contribution in [0.25, 0.3) is 0 Å². The van der Waals surface area contributed by atoms with Gasteiger partial charge in [0.15, 0.2) is 11.6 Å². The Morgan fingerprint density at radius 1 is 1.00 bits per heavy atom. The number of carbonyl (C=O) groups is 2. The highest BCUT2D eigenvalue weighted by molar-refractivity contribution is 6.31. The van der Waals surface area contributed by atoms with Crippen LogP contribution in [0.4, 0.5) is 19.3 Å². The minimum Gasteiger partial charge on any atom is -0.334 e. The molecule has 5 nitrogen and oxygen atoms in total. The Morgan fingerprint density at radius 3 is 2.46 bits per heavy atom. The van der Waals surface area contributed by atoms with E-state index in [-0.39, 0.29) is 18.8 Å². The molecular weight excluding hydrogens is 340 g/mol. The molecule has 0 aliphatic rings. The number of nitrogens with one attached hydrogen (secondary N) is 3. The van der Waals surface area contributed by atoms with Crippen molar-refractivity contribution in [2.45, 2.75) is 6.54 Å². The fourth-order valence-electron chi connectivity index (χ4n) is 1.82. The zero-order valence-corrected chi connectivity index (χ0v) is 13.2. The number of carbonyl (C=O) groups excluding carboxylic acids is 2. The summed E-state index contributed by atoms with van der Waals surface area (Å²) in [6.07, 6.45) is 0. The molecule has 0 heterocycles. The van der Waals surface area contributed by atoms with Gasteiger partial charge in [0.2, 0.25) is 5.91 Å². The summed E-state index contributed by atoms with van der Waals surface area (Å²) in [6, 6.07) is 9.43. The Labute approximate surface area is 142 Å². The number of benzene rings is 2. The third-order valence-electron chi connectivity index (χ3n) is 3.01. The average Bonchev–Trinajstić information content (AvgIpc) is 2.55. The molecule has 0 saturated heterocycles. The minimum absolute atomic E-state index is 0.0946. The predicted octanol–water partition coefficient (Wildman–Crippen LogP) is 3.06. The van der Waals surface area contributed by atoms with Gasteiger partial charge in [0.05, 0.1) is 6.54 Å². The molecule has 24 heavy (non-hydrogen) atoms. The summed E-state index contributed by atoms with van der Waals surface area (Å²) in [6.45, 7) is -0.121. The van der Waals surface area contributed by atoms with Crippen LogP contribution >= 0.6 is 11.6 Å². The topological polar surface area (TPSA) is 70.2 Å². The van der Waals surface area contributed by atoms with Gasteiger partial charge in [0.1, 0.15) is 0 Å². The summed E-state index contributed by atoms with van der Waals surface area (Å²) < 4.78 is 25.8. The van der Waals surface area contributed by atoms with Crippen molar-refractivity contribution in [3.63, 3.8) is 0 Å². The van der Waals surface area contributed by atoms with Crippen molar-refractivity contribution >= 4 is 29.2 Å². The summed E-state index contributed by atoms with van der Waals surface area (Å²) in [5.74, 6) is -2.66. The molecule has 0 bridgehead atoms. The van der Waals surface area contributed by atoms with Crippen molar-refractivity contribution in [3.8, 4) is 0 Å². The number of halogens is 3. The monoisotopic (exact) mass is 353 g/mol. The second kappa shape index (κ2) is 8.26. The molecule has 0 atom stereocenters. The fourth-order valence-corrected chi connectivity index (χ4v) is 2.02. The molecular formula is C16H14ClF2N3O2. The molecule has 2 aromatic carbocycles. The lowest BCUT2D eigenvalue weighted by Gasteiger charge is -2.09. The SMILES string of the molecule is O=C(CNC(=O)NCc1ccccc1Cl)Nc1ccc(F)c(F)c1. The second-order valence-electron chi connectivity index (χ2n) is 4.80. The number of amides is 3. The standard InChI is InChI=1S/C16H14ClF2N3O2/c17-12-4-2-1-3-10(12)8-20-16(24)21-9-15(23)22-11-5-6-13(18)14(19)7-11/h1-7H,8-9H2,(H,22,23)(H2,20,21,24). The zero-order chi connectivity index (χ0) is 17.5. The lowest BCUT2D eigenvalue weighted by Crippen LogP contribution is -2.39. The summed E-state index contributed by atoms with van der Waals surface area (Å²) in [4.78, 5) is 23.3. The van der Waals surface area contributed by atoms with E-state index in [4.69, 9.17) is 11.6 Å². The normalized spacial score (nSPS) is 10.1. The van der Waals surface area contributed by atoms with Crippen molar-refractivity contribution in [2.75, 3.05) is 11.9 Å². The molecule has 0 saturated carbocycles. The van der Waals surface area contributed by atoms with Crippen LogP contribution in [-0.2, 0) is 11.3 Å². The van der Waals surface area contributed by atoms with Crippen LogP contribution in [0.3, 0.4) is 0 Å². The van der Waals surface area contributed by atoms with E-state index in [2.05, 4.69) is 16.0 Å². The molecule has 126 valence electrons. The lowest BCUT2D eigenvalue weighted by atomic mass is 10.2. The number of hydrogen-bond donors (Lipinski definition) is 3. The van der Waals surface area contributed by atoms with Gasteiger partial charge in [-0.3, -0.25) is 4.79 Å². The van der Waals surface area contributed by atoms with Gasteiger partial charge in [-0.2, -0.15) is 0 Å². The number of anilines is 1. The minimum atomic E-state index is -1.07. The van der Waals surface area contributed by atoms with Crippen molar-refractivity contribution in [2.24, 2.45) is 0 Å². The smallest absolute Gasteiger partial charge is 0.315 e. The number of rotatable bonds is 5. The van der Waals surface area contributed by atoms with Gasteiger partial charge in [-0.25, -0.2) is 13.6 Å². The van der Waals surface area contributed by atoms with Gasteiger partial charge in [-0.05, 0) is 23.8 Å². The fraction of sp³-hybridized carbons (Fsp3) is 0.125. The largest absolute Gasteiger partial charge is 0.334 e. The summed E-state index contributed by atoms with van der Waals surface area (Å²) in [5, 5.41) is 7.76. The molecule has 2 aromatic rings. The van der Waals surface area contributed by atoms with Crippen LogP contribution in [0.2, 0.25) is 5.02 Å². The first-order chi connectivity index (χ1) is 11.5. The molecule has 0 aromatic heterocycles. The van der Waals surface area contributed by atoms with E-state index in [1.807, 2.05) is 0 Å². The molecule has 0 aliphatic carbocycles. The third-order valence-corrected chi connectivity index (χ3v) is 3.38. The Hall–Kier alpha value is -2.67. The van der Waals surface area contributed by atoms with Gasteiger partial charge in [-0.1, -0.05) is 29.8 Å². The quantitative estimate of drug-likeness (QED) is 0.773. The third kappa shape index (κ3) is 5.20. The summed E-state index contributed by atoms with van der Waals surface area (Å²) >= 11 is 5.96. The van der Waals surface area contributed by atoms with Crippen molar-refractivity contribution in [1.82, 2.24) is 10.6 Å². The maximum Gasteiger partial charge on any atom is 0.315 e. The van der Waals surface area contributed by atoms with Crippen molar-refractivity contribution in [1.29, 1.82) is 0 Å². The molecule has 0 fully saturated rings. The molecule has 3 N–H and O–H groups in total. The Balaban J connectivity index is 1.76. The molecule has 8 heteroatoms. The van der Waals surface area contributed by atoms with E-state index in [1.165, 1.54) is 6.07 Å². The molecule has 0 unspecified atom stereocenters. The number of urea groups is 1. The van der Waals surface area contributed by atoms with E-state index in [0.717, 1.165) is 17.7 Å². The Bertz CT molecular complexity index is 756. The Kier molecular flexibility index (Phi) is 6.08. The van der Waals surface area contributed by atoms with Crippen molar-refractivity contribution in [3.05, 3.63) is 64.7 Å². The highest BCUT2D eigenvalue weighted by atomic mass is 35.5. The molecule has 0 spiro atoms. The van der Waals surface area contributed by atoms with Gasteiger partial charge >= 0.3 is 6.03 Å². The van der Waals surface area contributed by atoms with Crippen LogP contribution in [-0.4, -0.2) is 18.5 Å².